The average Bonchev–Trinajstić information content (AvgIpc) is 3.07. The number of rotatable bonds is 5. The third-order valence-electron chi connectivity index (χ3n) is 3.87. The molecule has 0 bridgehead atoms. The maximum atomic E-state index is 12.3. The predicted molar refractivity (Wildman–Crippen MR) is 102 cm³/mol. The summed E-state index contributed by atoms with van der Waals surface area (Å²) >= 11 is 0. The summed E-state index contributed by atoms with van der Waals surface area (Å²) in [6, 6.07) is 18.1. The molecule has 2 aromatic carbocycles. The molecule has 0 spiro atoms. The summed E-state index contributed by atoms with van der Waals surface area (Å²) in [5.74, 6) is 0.630. The summed E-state index contributed by atoms with van der Waals surface area (Å²) < 4.78 is 5.31. The second-order valence-corrected chi connectivity index (χ2v) is 6.05. The topological polar surface area (TPSA) is 59.3 Å². The van der Waals surface area contributed by atoms with Crippen molar-refractivity contribution in [3.63, 3.8) is 0 Å². The molecule has 1 N–H and O–H groups in total. The van der Waals surface area contributed by atoms with Crippen molar-refractivity contribution in [3.05, 3.63) is 95.0 Å². The van der Waals surface area contributed by atoms with Gasteiger partial charge in [0.2, 0.25) is 5.78 Å². The van der Waals surface area contributed by atoms with E-state index in [-0.39, 0.29) is 11.7 Å². The normalized spacial score (nSPS) is 10.8. The van der Waals surface area contributed by atoms with Gasteiger partial charge in [-0.1, -0.05) is 35.9 Å². The summed E-state index contributed by atoms with van der Waals surface area (Å²) in [7, 11) is 0. The number of anilines is 1. The summed E-state index contributed by atoms with van der Waals surface area (Å²) in [6.07, 6.45) is 3.15. The zero-order valence-corrected chi connectivity index (χ0v) is 14.7. The van der Waals surface area contributed by atoms with Crippen LogP contribution in [0.15, 0.2) is 71.2 Å². The maximum absolute atomic E-state index is 12.3. The number of aryl methyl sites for hydroxylation is 2. The van der Waals surface area contributed by atoms with Gasteiger partial charge in [0.05, 0.1) is 0 Å². The lowest BCUT2D eigenvalue weighted by Gasteiger charge is -2.06. The van der Waals surface area contributed by atoms with E-state index in [0.29, 0.717) is 22.8 Å². The molecule has 0 saturated heterocycles. The Kier molecular flexibility index (Phi) is 5.13. The van der Waals surface area contributed by atoms with Gasteiger partial charge in [0.1, 0.15) is 5.76 Å². The van der Waals surface area contributed by atoms with E-state index in [1.807, 2.05) is 37.3 Å². The van der Waals surface area contributed by atoms with Crippen LogP contribution in [0.25, 0.3) is 6.08 Å². The number of hydrogen-bond acceptors (Lipinski definition) is 3. The first-order valence-electron chi connectivity index (χ1n) is 8.28. The highest BCUT2D eigenvalue weighted by Gasteiger charge is 2.07. The zero-order valence-electron chi connectivity index (χ0n) is 14.7. The van der Waals surface area contributed by atoms with Crippen LogP contribution in [0.4, 0.5) is 5.69 Å². The SMILES string of the molecule is Cc1ccc(C(=O)Nc2cccc(/C=C/C(=O)c3ccc(C)o3)c2)cc1. The molecule has 3 rings (SSSR count). The van der Waals surface area contributed by atoms with Gasteiger partial charge in [-0.25, -0.2) is 0 Å². The van der Waals surface area contributed by atoms with Gasteiger partial charge < -0.3 is 9.73 Å². The largest absolute Gasteiger partial charge is 0.458 e. The first-order valence-corrected chi connectivity index (χ1v) is 8.28. The fourth-order valence-electron chi connectivity index (χ4n) is 2.45. The Morgan fingerprint density at radius 3 is 2.42 bits per heavy atom. The van der Waals surface area contributed by atoms with Crippen molar-refractivity contribution in [2.75, 3.05) is 5.32 Å². The Labute approximate surface area is 152 Å². The smallest absolute Gasteiger partial charge is 0.255 e. The van der Waals surface area contributed by atoms with E-state index in [1.165, 1.54) is 6.08 Å². The molecule has 1 amide bonds. The molecule has 4 nitrogen and oxygen atoms in total. The minimum Gasteiger partial charge on any atom is -0.458 e. The Bertz CT molecular complexity index is 965. The minimum atomic E-state index is -0.202. The van der Waals surface area contributed by atoms with Gasteiger partial charge in [-0.15, -0.1) is 0 Å². The van der Waals surface area contributed by atoms with Crippen LogP contribution < -0.4 is 5.32 Å². The third-order valence-corrected chi connectivity index (χ3v) is 3.87. The van der Waals surface area contributed by atoms with Crippen LogP contribution in [0, 0.1) is 13.8 Å². The molecule has 0 aliphatic rings. The Morgan fingerprint density at radius 2 is 1.73 bits per heavy atom. The second kappa shape index (κ2) is 7.66. The first-order chi connectivity index (χ1) is 12.5. The average molecular weight is 345 g/mol. The number of allylic oxidation sites excluding steroid dienone is 1. The standard InChI is InChI=1S/C22H19NO3/c1-15-6-10-18(11-7-15)22(25)23-19-5-3-4-17(14-19)9-12-20(24)21-13-8-16(2)26-21/h3-14H,1-2H3,(H,23,25)/b12-9+. The molecule has 26 heavy (non-hydrogen) atoms. The lowest BCUT2D eigenvalue weighted by molar-refractivity contribution is 0.101. The van der Waals surface area contributed by atoms with Gasteiger partial charge in [0, 0.05) is 11.3 Å². The van der Waals surface area contributed by atoms with E-state index in [2.05, 4.69) is 5.32 Å². The number of amides is 1. The first kappa shape index (κ1) is 17.4. The molecular formula is C22H19NO3. The van der Waals surface area contributed by atoms with E-state index >= 15 is 0 Å². The van der Waals surface area contributed by atoms with Gasteiger partial charge in [-0.3, -0.25) is 9.59 Å². The van der Waals surface area contributed by atoms with Crippen LogP contribution >= 0.6 is 0 Å². The number of carbonyl (C=O) groups is 2. The third kappa shape index (κ3) is 4.36. The van der Waals surface area contributed by atoms with Crippen molar-refractivity contribution in [3.8, 4) is 0 Å². The molecule has 4 heteroatoms. The Balaban J connectivity index is 1.69. The summed E-state index contributed by atoms with van der Waals surface area (Å²) in [6.45, 7) is 3.77. The highest BCUT2D eigenvalue weighted by molar-refractivity contribution is 6.05. The zero-order chi connectivity index (χ0) is 18.5. The fourth-order valence-corrected chi connectivity index (χ4v) is 2.45. The van der Waals surface area contributed by atoms with Crippen LogP contribution in [0.3, 0.4) is 0 Å². The predicted octanol–water partition coefficient (Wildman–Crippen LogP) is 5.04. The number of furan rings is 1. The van der Waals surface area contributed by atoms with Crippen LogP contribution in [-0.4, -0.2) is 11.7 Å². The van der Waals surface area contributed by atoms with Crippen molar-refractivity contribution in [1.82, 2.24) is 0 Å². The molecule has 3 aromatic rings. The monoisotopic (exact) mass is 345 g/mol. The lowest BCUT2D eigenvalue weighted by atomic mass is 10.1. The fraction of sp³-hybridized carbons (Fsp3) is 0.0909. The molecule has 0 saturated carbocycles. The quantitative estimate of drug-likeness (QED) is 0.520. The Hall–Kier alpha value is -3.40. The highest BCUT2D eigenvalue weighted by Crippen LogP contribution is 2.15. The van der Waals surface area contributed by atoms with Crippen LogP contribution in [0.5, 0.6) is 0 Å². The lowest BCUT2D eigenvalue weighted by Crippen LogP contribution is -2.11. The highest BCUT2D eigenvalue weighted by atomic mass is 16.3. The molecule has 0 aliphatic heterocycles. The minimum absolute atomic E-state index is 0.173. The molecular weight excluding hydrogens is 326 g/mol. The van der Waals surface area contributed by atoms with E-state index in [9.17, 15) is 9.59 Å². The number of carbonyl (C=O) groups excluding carboxylic acids is 2. The van der Waals surface area contributed by atoms with E-state index < -0.39 is 0 Å². The number of ketones is 1. The Morgan fingerprint density at radius 1 is 0.962 bits per heavy atom. The number of hydrogen-bond donors (Lipinski definition) is 1. The van der Waals surface area contributed by atoms with Crippen molar-refractivity contribution >= 4 is 23.5 Å². The van der Waals surface area contributed by atoms with Gasteiger partial charge in [-0.2, -0.15) is 0 Å². The molecule has 0 fully saturated rings. The summed E-state index contributed by atoms with van der Waals surface area (Å²) in [5.41, 5.74) is 3.17. The molecule has 1 aromatic heterocycles. The van der Waals surface area contributed by atoms with Crippen LogP contribution in [0.1, 0.15) is 37.8 Å². The number of nitrogens with one attached hydrogen (secondary N) is 1. The van der Waals surface area contributed by atoms with Gasteiger partial charge >= 0.3 is 0 Å². The van der Waals surface area contributed by atoms with E-state index in [1.54, 1.807) is 43.3 Å². The van der Waals surface area contributed by atoms with Gasteiger partial charge in [0.15, 0.2) is 5.76 Å². The molecule has 0 unspecified atom stereocenters. The molecule has 130 valence electrons. The van der Waals surface area contributed by atoms with Crippen LogP contribution in [-0.2, 0) is 0 Å². The van der Waals surface area contributed by atoms with Crippen molar-refractivity contribution in [2.45, 2.75) is 13.8 Å². The summed E-state index contributed by atoms with van der Waals surface area (Å²) in [4.78, 5) is 24.4. The van der Waals surface area contributed by atoms with E-state index in [0.717, 1.165) is 11.1 Å². The van der Waals surface area contributed by atoms with Gasteiger partial charge in [-0.05, 0) is 61.9 Å². The second-order valence-electron chi connectivity index (χ2n) is 6.05. The van der Waals surface area contributed by atoms with Crippen molar-refractivity contribution in [1.29, 1.82) is 0 Å². The summed E-state index contributed by atoms with van der Waals surface area (Å²) in [5, 5.41) is 2.86. The van der Waals surface area contributed by atoms with Crippen LogP contribution in [0.2, 0.25) is 0 Å². The molecule has 0 atom stereocenters. The van der Waals surface area contributed by atoms with Gasteiger partial charge in [0.25, 0.3) is 5.91 Å². The molecule has 0 radical (unpaired) electrons. The van der Waals surface area contributed by atoms with Crippen molar-refractivity contribution < 1.29 is 14.0 Å². The molecule has 1 heterocycles. The molecule has 0 aliphatic carbocycles. The van der Waals surface area contributed by atoms with E-state index in [4.69, 9.17) is 4.42 Å². The maximum Gasteiger partial charge on any atom is 0.255 e. The number of benzene rings is 2. The van der Waals surface area contributed by atoms with Crippen molar-refractivity contribution in [2.24, 2.45) is 0 Å².